The van der Waals surface area contributed by atoms with E-state index in [1.165, 1.54) is 4.90 Å². The van der Waals surface area contributed by atoms with E-state index in [9.17, 15) is 15.0 Å². The number of nitrogens with zero attached hydrogens (tertiary/aromatic N) is 1. The van der Waals surface area contributed by atoms with Crippen LogP contribution in [0.3, 0.4) is 0 Å². The molecule has 0 radical (unpaired) electrons. The number of hydrogen-bond acceptors (Lipinski definition) is 4. The number of rotatable bonds is 11. The maximum absolute atomic E-state index is 12.1. The molecule has 0 fully saturated rings. The van der Waals surface area contributed by atoms with Crippen LogP contribution in [0.25, 0.3) is 0 Å². The lowest BCUT2D eigenvalue weighted by Gasteiger charge is -2.42. The van der Waals surface area contributed by atoms with E-state index in [-0.39, 0.29) is 12.1 Å². The molecule has 0 aliphatic heterocycles. The second kappa shape index (κ2) is 11.0. The number of aliphatic hydroxyl groups is 1. The van der Waals surface area contributed by atoms with Crippen molar-refractivity contribution < 1.29 is 19.7 Å². The van der Waals surface area contributed by atoms with Crippen molar-refractivity contribution in [2.45, 2.75) is 78.1 Å². The molecule has 3 N–H and O–H groups in total. The highest BCUT2D eigenvalue weighted by molar-refractivity contribution is 5.66. The number of aliphatic hydroxyl groups excluding tert-OH is 1. The molecule has 6 heteroatoms. The van der Waals surface area contributed by atoms with Crippen LogP contribution in [-0.2, 0) is 11.2 Å². The van der Waals surface area contributed by atoms with Gasteiger partial charge in [0.25, 0.3) is 0 Å². The molecular formula is C23H40N2O4. The maximum Gasteiger partial charge on any atom is 0.408 e. The summed E-state index contributed by atoms with van der Waals surface area (Å²) in [5, 5.41) is 24.2. The van der Waals surface area contributed by atoms with Gasteiger partial charge in [-0.2, -0.15) is 0 Å². The van der Waals surface area contributed by atoms with E-state index in [1.54, 1.807) is 0 Å². The Balaban J connectivity index is 2.92. The second-order valence-electron chi connectivity index (χ2n) is 9.82. The zero-order valence-electron chi connectivity index (χ0n) is 19.1. The average Bonchev–Trinajstić information content (AvgIpc) is 2.58. The van der Waals surface area contributed by atoms with Crippen LogP contribution in [0.5, 0.6) is 0 Å². The molecule has 166 valence electrons. The Labute approximate surface area is 176 Å². The quantitative estimate of drug-likeness (QED) is 0.519. The Bertz CT molecular complexity index is 611. The summed E-state index contributed by atoms with van der Waals surface area (Å²) in [5.74, 6) is 0.461. The first-order valence-electron chi connectivity index (χ1n) is 10.4. The molecular weight excluding hydrogens is 368 g/mol. The highest BCUT2D eigenvalue weighted by atomic mass is 16.5. The summed E-state index contributed by atoms with van der Waals surface area (Å²) in [6.45, 7) is 15.3. The number of β-amino-alcohol motifs (C(OH)–C–C–N with tert-alkyl or cyclic N) is 1. The van der Waals surface area contributed by atoms with Crippen molar-refractivity contribution in [1.82, 2.24) is 10.2 Å². The summed E-state index contributed by atoms with van der Waals surface area (Å²) in [6.07, 6.45) is -1.45. The van der Waals surface area contributed by atoms with Crippen molar-refractivity contribution in [2.24, 2.45) is 5.92 Å². The zero-order chi connectivity index (χ0) is 22.2. The van der Waals surface area contributed by atoms with Gasteiger partial charge in [0.15, 0.2) is 0 Å². The Morgan fingerprint density at radius 3 is 2.21 bits per heavy atom. The summed E-state index contributed by atoms with van der Waals surface area (Å²) in [7, 11) is 0. The molecule has 0 saturated carbocycles. The number of nitrogens with one attached hydrogen (secondary N) is 1. The third-order valence-electron chi connectivity index (χ3n) is 4.70. The van der Waals surface area contributed by atoms with Gasteiger partial charge in [-0.05, 0) is 52.5 Å². The standard InChI is InChI=1S/C23H40N2O4/c1-17(2)15-29-16-23(6,7)24-14-20(26)19(13-18-11-9-8-10-12-18)25(21(27)28)22(3,4)5/h8-12,17,19-20,24,26H,13-16H2,1-7H3,(H,27,28)/t19-,20-/m0/s1. The first-order valence-corrected chi connectivity index (χ1v) is 10.4. The Morgan fingerprint density at radius 2 is 1.72 bits per heavy atom. The number of carboxylic acid groups (broad SMARTS) is 1. The van der Waals surface area contributed by atoms with E-state index in [0.29, 0.717) is 25.6 Å². The van der Waals surface area contributed by atoms with Crippen LogP contribution in [0.4, 0.5) is 4.79 Å². The normalized spacial score (nSPS) is 14.7. The van der Waals surface area contributed by atoms with Crippen LogP contribution in [0, 0.1) is 5.92 Å². The van der Waals surface area contributed by atoms with E-state index < -0.39 is 23.8 Å². The zero-order valence-corrected chi connectivity index (χ0v) is 19.1. The molecule has 29 heavy (non-hydrogen) atoms. The van der Waals surface area contributed by atoms with E-state index in [0.717, 1.165) is 5.56 Å². The minimum Gasteiger partial charge on any atom is -0.465 e. The molecule has 0 aliphatic rings. The summed E-state index contributed by atoms with van der Waals surface area (Å²) in [4.78, 5) is 13.4. The molecule has 0 aliphatic carbocycles. The first kappa shape index (κ1) is 25.4. The fourth-order valence-electron chi connectivity index (χ4n) is 3.30. The van der Waals surface area contributed by atoms with E-state index >= 15 is 0 Å². The number of hydrogen-bond donors (Lipinski definition) is 3. The molecule has 6 nitrogen and oxygen atoms in total. The van der Waals surface area contributed by atoms with Gasteiger partial charge < -0.3 is 20.3 Å². The van der Waals surface area contributed by atoms with E-state index in [4.69, 9.17) is 4.74 Å². The number of ether oxygens (including phenoxy) is 1. The number of amides is 1. The minimum absolute atomic E-state index is 0.273. The molecule has 2 atom stereocenters. The second-order valence-corrected chi connectivity index (χ2v) is 9.82. The monoisotopic (exact) mass is 408 g/mol. The fraction of sp³-hybridized carbons (Fsp3) is 0.696. The number of benzene rings is 1. The van der Waals surface area contributed by atoms with Gasteiger partial charge in [-0.25, -0.2) is 4.79 Å². The lowest BCUT2D eigenvalue weighted by Crippen LogP contribution is -2.59. The van der Waals surface area contributed by atoms with Crippen molar-refractivity contribution in [2.75, 3.05) is 19.8 Å². The average molecular weight is 409 g/mol. The van der Waals surface area contributed by atoms with E-state index in [2.05, 4.69) is 19.2 Å². The van der Waals surface area contributed by atoms with Crippen molar-refractivity contribution in [3.8, 4) is 0 Å². The molecule has 1 aromatic rings. The van der Waals surface area contributed by atoms with Gasteiger partial charge in [-0.1, -0.05) is 44.2 Å². The van der Waals surface area contributed by atoms with Crippen LogP contribution in [-0.4, -0.2) is 64.2 Å². The largest absolute Gasteiger partial charge is 0.465 e. The predicted octanol–water partition coefficient (Wildman–Crippen LogP) is 3.78. The summed E-state index contributed by atoms with van der Waals surface area (Å²) in [5.41, 5.74) is 0.0250. The predicted molar refractivity (Wildman–Crippen MR) is 117 cm³/mol. The third kappa shape index (κ3) is 9.15. The first-order chi connectivity index (χ1) is 13.3. The van der Waals surface area contributed by atoms with Crippen LogP contribution in [0.2, 0.25) is 0 Å². The Morgan fingerprint density at radius 1 is 1.14 bits per heavy atom. The van der Waals surface area contributed by atoms with Crippen molar-refractivity contribution in [3.63, 3.8) is 0 Å². The highest BCUT2D eigenvalue weighted by Gasteiger charge is 2.37. The fourth-order valence-corrected chi connectivity index (χ4v) is 3.30. The molecule has 1 aromatic carbocycles. The number of carbonyl (C=O) groups is 1. The smallest absolute Gasteiger partial charge is 0.408 e. The lowest BCUT2D eigenvalue weighted by molar-refractivity contribution is 0.00113. The van der Waals surface area contributed by atoms with Gasteiger partial charge >= 0.3 is 6.09 Å². The Hall–Kier alpha value is -1.63. The van der Waals surface area contributed by atoms with Crippen LogP contribution in [0.1, 0.15) is 54.0 Å². The van der Waals surface area contributed by atoms with Gasteiger partial charge in [0.05, 0.1) is 18.8 Å². The van der Waals surface area contributed by atoms with Crippen LogP contribution in [0.15, 0.2) is 30.3 Å². The summed E-state index contributed by atoms with van der Waals surface area (Å²) >= 11 is 0. The molecule has 0 bridgehead atoms. The SMILES string of the molecule is CC(C)COCC(C)(C)NC[C@H](O)[C@H](Cc1ccccc1)N(C(=O)O)C(C)(C)C. The maximum atomic E-state index is 12.1. The van der Waals surface area contributed by atoms with E-state index in [1.807, 2.05) is 65.0 Å². The van der Waals surface area contributed by atoms with Crippen molar-refractivity contribution in [3.05, 3.63) is 35.9 Å². The molecule has 0 heterocycles. The highest BCUT2D eigenvalue weighted by Crippen LogP contribution is 2.23. The van der Waals surface area contributed by atoms with Crippen molar-refractivity contribution >= 4 is 6.09 Å². The molecule has 0 spiro atoms. The molecule has 1 rings (SSSR count). The van der Waals surface area contributed by atoms with Crippen LogP contribution >= 0.6 is 0 Å². The van der Waals surface area contributed by atoms with Gasteiger partial charge in [0.1, 0.15) is 0 Å². The molecule has 1 amide bonds. The van der Waals surface area contributed by atoms with Gasteiger partial charge in [-0.15, -0.1) is 0 Å². The molecule has 0 aromatic heterocycles. The third-order valence-corrected chi connectivity index (χ3v) is 4.70. The summed E-state index contributed by atoms with van der Waals surface area (Å²) in [6, 6.07) is 9.12. The molecule has 0 unspecified atom stereocenters. The van der Waals surface area contributed by atoms with Gasteiger partial charge in [0.2, 0.25) is 0 Å². The lowest BCUT2D eigenvalue weighted by atomic mass is 9.94. The van der Waals surface area contributed by atoms with Crippen molar-refractivity contribution in [1.29, 1.82) is 0 Å². The van der Waals surface area contributed by atoms with Crippen LogP contribution < -0.4 is 5.32 Å². The minimum atomic E-state index is -1.03. The van der Waals surface area contributed by atoms with Gasteiger partial charge in [0, 0.05) is 24.2 Å². The molecule has 0 saturated heterocycles. The topological polar surface area (TPSA) is 82.0 Å². The summed E-state index contributed by atoms with van der Waals surface area (Å²) < 4.78 is 5.74. The van der Waals surface area contributed by atoms with Gasteiger partial charge in [-0.3, -0.25) is 4.90 Å². The Kier molecular flexibility index (Phi) is 9.59.